The summed E-state index contributed by atoms with van der Waals surface area (Å²) in [6, 6.07) is 85.5. The third kappa shape index (κ3) is 7.28. The first-order valence-corrected chi connectivity index (χ1v) is 24.3. The number of para-hydroxylation sites is 2. The van der Waals surface area contributed by atoms with Crippen LogP contribution in [0.5, 0.6) is 0 Å². The summed E-state index contributed by atoms with van der Waals surface area (Å²) in [6.45, 7) is 0. The first-order valence-electron chi connectivity index (χ1n) is 23.5. The highest BCUT2D eigenvalue weighted by Crippen LogP contribution is 2.50. The van der Waals surface area contributed by atoms with Gasteiger partial charge in [0.05, 0.1) is 11.4 Å². The fourth-order valence-corrected chi connectivity index (χ4v) is 12.0. The topological polar surface area (TPSA) is 3.24 Å². The maximum Gasteiger partial charge on any atom is 0.0540 e. The minimum atomic E-state index is 0.575. The van der Waals surface area contributed by atoms with E-state index in [4.69, 9.17) is 0 Å². The van der Waals surface area contributed by atoms with Gasteiger partial charge in [-0.3, -0.25) is 0 Å². The molecule has 0 bridgehead atoms. The van der Waals surface area contributed by atoms with Crippen molar-refractivity contribution in [2.24, 2.45) is 0 Å². The number of rotatable bonds is 9. The molecule has 1 aliphatic rings. The molecule has 0 spiro atoms. The lowest BCUT2D eigenvalue weighted by Gasteiger charge is -2.31. The van der Waals surface area contributed by atoms with Crippen LogP contribution in [0.25, 0.3) is 86.6 Å². The van der Waals surface area contributed by atoms with Gasteiger partial charge in [0.1, 0.15) is 0 Å². The van der Waals surface area contributed by atoms with Gasteiger partial charge >= 0.3 is 0 Å². The normalized spacial score (nSPS) is 13.1. The average Bonchev–Trinajstić information content (AvgIpc) is 3.79. The predicted molar refractivity (Wildman–Crippen MR) is 285 cm³/mol. The fourth-order valence-electron chi connectivity index (χ4n) is 10.8. The van der Waals surface area contributed by atoms with E-state index in [-0.39, 0.29) is 0 Å². The van der Waals surface area contributed by atoms with Crippen molar-refractivity contribution in [1.29, 1.82) is 0 Å². The summed E-state index contributed by atoms with van der Waals surface area (Å²) in [5, 5.41) is 5.32. The lowest BCUT2D eigenvalue weighted by atomic mass is 9.80. The SMILES string of the molecule is c1ccc(-c2ccc(-c3ccc(N(c4ccccc4-c4cccc5c4sc4ccccc45)c4ccccc4-c4cccc5cccc(C6CCCCC6)c45)cc3)cc2-c2ccccc2)cc1. The van der Waals surface area contributed by atoms with Crippen molar-refractivity contribution in [1.82, 2.24) is 0 Å². The molecule has 1 saturated carbocycles. The maximum absolute atomic E-state index is 2.52. The van der Waals surface area contributed by atoms with Crippen molar-refractivity contribution in [2.75, 3.05) is 4.90 Å². The van der Waals surface area contributed by atoms with Gasteiger partial charge in [0.2, 0.25) is 0 Å². The van der Waals surface area contributed by atoms with E-state index in [1.807, 2.05) is 11.3 Å². The van der Waals surface area contributed by atoms with E-state index in [0.717, 1.165) is 17.1 Å². The Labute approximate surface area is 391 Å². The van der Waals surface area contributed by atoms with Gasteiger partial charge in [0.25, 0.3) is 0 Å². The summed E-state index contributed by atoms with van der Waals surface area (Å²) in [6.07, 6.45) is 6.46. The molecule has 0 N–H and O–H groups in total. The lowest BCUT2D eigenvalue weighted by molar-refractivity contribution is 0.445. The Balaban J connectivity index is 1.05. The number of anilines is 3. The van der Waals surface area contributed by atoms with Crippen LogP contribution in [0.1, 0.15) is 43.6 Å². The second-order valence-corrected chi connectivity index (χ2v) is 18.8. The average molecular weight is 864 g/mol. The molecule has 1 aromatic heterocycles. The zero-order chi connectivity index (χ0) is 43.8. The van der Waals surface area contributed by atoms with Crippen molar-refractivity contribution >= 4 is 59.3 Å². The quantitative estimate of drug-likeness (QED) is 0.140. The lowest BCUT2D eigenvalue weighted by Crippen LogP contribution is -2.12. The van der Waals surface area contributed by atoms with Crippen LogP contribution >= 0.6 is 11.3 Å². The molecule has 0 unspecified atom stereocenters. The molecular weight excluding hydrogens is 815 g/mol. The first kappa shape index (κ1) is 40.0. The van der Waals surface area contributed by atoms with Crippen LogP contribution in [-0.4, -0.2) is 0 Å². The van der Waals surface area contributed by atoms with Crippen LogP contribution in [0.15, 0.2) is 231 Å². The van der Waals surface area contributed by atoms with E-state index in [2.05, 4.69) is 235 Å². The van der Waals surface area contributed by atoms with Crippen LogP contribution in [0.4, 0.5) is 17.1 Å². The molecule has 316 valence electrons. The van der Waals surface area contributed by atoms with Gasteiger partial charge in [-0.2, -0.15) is 0 Å². The van der Waals surface area contributed by atoms with Crippen molar-refractivity contribution in [3.8, 4) is 55.6 Å². The molecule has 11 aromatic rings. The third-order valence-corrected chi connectivity index (χ3v) is 15.1. The zero-order valence-corrected chi connectivity index (χ0v) is 37.7. The molecule has 1 aliphatic carbocycles. The monoisotopic (exact) mass is 863 g/mol. The Morgan fingerprint density at radius 2 is 0.924 bits per heavy atom. The minimum absolute atomic E-state index is 0.575. The summed E-state index contributed by atoms with van der Waals surface area (Å²) < 4.78 is 2.63. The molecular formula is C64H49NS. The molecule has 0 amide bonds. The Bertz CT molecular complexity index is 3500. The summed E-state index contributed by atoms with van der Waals surface area (Å²) >= 11 is 1.89. The molecule has 10 aromatic carbocycles. The number of benzene rings is 10. The van der Waals surface area contributed by atoms with Gasteiger partial charge in [-0.15, -0.1) is 11.3 Å². The van der Waals surface area contributed by atoms with Crippen LogP contribution in [0.3, 0.4) is 0 Å². The summed E-state index contributed by atoms with van der Waals surface area (Å²) in [5.74, 6) is 0.575. The van der Waals surface area contributed by atoms with Crippen molar-refractivity contribution in [3.05, 3.63) is 236 Å². The van der Waals surface area contributed by atoms with E-state index in [1.165, 1.54) is 124 Å². The maximum atomic E-state index is 2.52. The van der Waals surface area contributed by atoms with Gasteiger partial charge in [-0.05, 0) is 110 Å². The van der Waals surface area contributed by atoms with E-state index >= 15 is 0 Å². The number of hydrogen-bond acceptors (Lipinski definition) is 2. The number of fused-ring (bicyclic) bond motifs is 4. The number of hydrogen-bond donors (Lipinski definition) is 0. The largest absolute Gasteiger partial charge is 0.309 e. The van der Waals surface area contributed by atoms with E-state index in [9.17, 15) is 0 Å². The highest BCUT2D eigenvalue weighted by atomic mass is 32.1. The number of nitrogens with zero attached hydrogens (tertiary/aromatic N) is 1. The fraction of sp³-hybridized carbons (Fsp3) is 0.0938. The minimum Gasteiger partial charge on any atom is -0.309 e. The summed E-state index contributed by atoms with van der Waals surface area (Å²) in [7, 11) is 0. The first-order chi connectivity index (χ1) is 32.8. The number of thiophene rings is 1. The molecule has 1 nitrogen and oxygen atoms in total. The van der Waals surface area contributed by atoms with Gasteiger partial charge in [-0.1, -0.05) is 213 Å². The predicted octanol–water partition coefficient (Wildman–Crippen LogP) is 19.1. The van der Waals surface area contributed by atoms with Gasteiger partial charge < -0.3 is 4.90 Å². The highest BCUT2D eigenvalue weighted by molar-refractivity contribution is 7.26. The highest BCUT2D eigenvalue weighted by Gasteiger charge is 2.25. The van der Waals surface area contributed by atoms with Crippen LogP contribution in [0, 0.1) is 0 Å². The van der Waals surface area contributed by atoms with Crippen molar-refractivity contribution in [3.63, 3.8) is 0 Å². The van der Waals surface area contributed by atoms with Crippen LogP contribution in [0.2, 0.25) is 0 Å². The Morgan fingerprint density at radius 1 is 0.364 bits per heavy atom. The Hall–Kier alpha value is -7.52. The summed E-state index contributed by atoms with van der Waals surface area (Å²) in [5.41, 5.74) is 17.2. The standard InChI is InChI=1S/C64H49NS/c1-4-19-45(20-5-1)51-42-39-49(43-59(51)47-23-8-3-9-24-47)44-37-40-50(41-38-44)65(61-35-14-11-28-54(61)57-32-18-33-58-55-29-12-15-36-62(55)66-64(57)58)60-34-13-10-27-53(60)56-31-17-26-48-25-16-30-52(63(48)56)46-21-6-2-7-22-46/h1,3-5,8-20,23-43,46H,2,6-7,21-22H2. The van der Waals surface area contributed by atoms with Gasteiger partial charge in [-0.25, -0.2) is 0 Å². The van der Waals surface area contributed by atoms with Crippen molar-refractivity contribution in [2.45, 2.75) is 38.0 Å². The van der Waals surface area contributed by atoms with E-state index < -0.39 is 0 Å². The Kier molecular flexibility index (Phi) is 10.6. The molecule has 0 saturated heterocycles. The second kappa shape index (κ2) is 17.5. The molecule has 2 heteroatoms. The molecule has 0 atom stereocenters. The van der Waals surface area contributed by atoms with E-state index in [0.29, 0.717) is 5.92 Å². The van der Waals surface area contributed by atoms with Gasteiger partial charge in [0.15, 0.2) is 0 Å². The van der Waals surface area contributed by atoms with Gasteiger partial charge in [0, 0.05) is 42.6 Å². The van der Waals surface area contributed by atoms with Crippen LogP contribution in [-0.2, 0) is 0 Å². The second-order valence-electron chi connectivity index (χ2n) is 17.8. The van der Waals surface area contributed by atoms with E-state index in [1.54, 1.807) is 0 Å². The van der Waals surface area contributed by atoms with Crippen molar-refractivity contribution < 1.29 is 0 Å². The molecule has 1 fully saturated rings. The third-order valence-electron chi connectivity index (χ3n) is 13.9. The Morgan fingerprint density at radius 3 is 1.67 bits per heavy atom. The van der Waals surface area contributed by atoms with Crippen LogP contribution < -0.4 is 4.90 Å². The zero-order valence-electron chi connectivity index (χ0n) is 36.9. The molecule has 12 rings (SSSR count). The molecule has 1 heterocycles. The molecule has 0 aliphatic heterocycles. The molecule has 0 radical (unpaired) electrons. The smallest absolute Gasteiger partial charge is 0.0540 e. The molecule has 66 heavy (non-hydrogen) atoms. The summed E-state index contributed by atoms with van der Waals surface area (Å²) in [4.78, 5) is 2.52.